The van der Waals surface area contributed by atoms with Gasteiger partial charge in [-0.2, -0.15) is 5.10 Å². The number of thiophene rings is 1. The van der Waals surface area contributed by atoms with E-state index in [4.69, 9.17) is 9.84 Å². The van der Waals surface area contributed by atoms with E-state index in [-0.39, 0.29) is 5.91 Å². The summed E-state index contributed by atoms with van der Waals surface area (Å²) in [5.41, 5.74) is 5.75. The van der Waals surface area contributed by atoms with Crippen molar-refractivity contribution in [2.45, 2.75) is 19.8 Å². The Labute approximate surface area is 150 Å². The highest BCUT2D eigenvalue weighted by Gasteiger charge is 2.18. The van der Waals surface area contributed by atoms with Gasteiger partial charge < -0.3 is 15.8 Å². The van der Waals surface area contributed by atoms with Crippen LogP contribution in [-0.2, 0) is 6.42 Å². The minimum atomic E-state index is -0.0296. The molecule has 0 radical (unpaired) electrons. The van der Waals surface area contributed by atoms with Crippen LogP contribution < -0.4 is 15.8 Å². The second-order valence-electron chi connectivity index (χ2n) is 5.70. The molecule has 0 spiro atoms. The van der Waals surface area contributed by atoms with Crippen LogP contribution in [0.2, 0.25) is 0 Å². The van der Waals surface area contributed by atoms with Gasteiger partial charge in [-0.05, 0) is 36.8 Å². The van der Waals surface area contributed by atoms with Crippen molar-refractivity contribution in [2.24, 2.45) is 0 Å². The number of carbonyl (C=O) groups excluding carboxylic acids is 1. The molecule has 0 aliphatic carbocycles. The zero-order valence-corrected chi connectivity index (χ0v) is 15.4. The highest BCUT2D eigenvalue weighted by molar-refractivity contribution is 7.20. The summed E-state index contributed by atoms with van der Waals surface area (Å²) in [6.07, 6.45) is 1.70. The minimum Gasteiger partial charge on any atom is -0.497 e. The van der Waals surface area contributed by atoms with Gasteiger partial charge in [0, 0.05) is 18.4 Å². The lowest BCUT2D eigenvalue weighted by Gasteiger charge is -2.04. The fraction of sp³-hybridized carbons (Fsp3) is 0.333. The minimum absolute atomic E-state index is 0.0296. The number of carbonyl (C=O) groups is 1. The van der Waals surface area contributed by atoms with E-state index in [9.17, 15) is 4.79 Å². The molecule has 7 heteroatoms. The third kappa shape index (κ3) is 3.52. The summed E-state index contributed by atoms with van der Waals surface area (Å²) in [5, 5.41) is 8.71. The van der Waals surface area contributed by atoms with Crippen LogP contribution in [0.15, 0.2) is 30.3 Å². The summed E-state index contributed by atoms with van der Waals surface area (Å²) < 4.78 is 7.12. The maximum atomic E-state index is 12.4. The Morgan fingerprint density at radius 2 is 2.12 bits per heavy atom. The van der Waals surface area contributed by atoms with Crippen molar-refractivity contribution in [2.75, 3.05) is 20.2 Å². The van der Waals surface area contributed by atoms with Crippen LogP contribution in [-0.4, -0.2) is 35.9 Å². The van der Waals surface area contributed by atoms with Gasteiger partial charge in [0.15, 0.2) is 0 Å². The van der Waals surface area contributed by atoms with E-state index in [2.05, 4.69) is 18.0 Å². The topological polar surface area (TPSA) is 83.8 Å². The summed E-state index contributed by atoms with van der Waals surface area (Å²) in [6.45, 7) is 3.55. The maximum Gasteiger partial charge on any atom is 0.261 e. The lowest BCUT2D eigenvalue weighted by Crippen LogP contribution is -2.51. The first kappa shape index (κ1) is 17.4. The van der Waals surface area contributed by atoms with Crippen molar-refractivity contribution in [1.29, 1.82) is 0 Å². The zero-order chi connectivity index (χ0) is 17.8. The molecule has 1 amide bonds. The molecule has 1 aromatic carbocycles. The number of aromatic nitrogens is 2. The fourth-order valence-corrected chi connectivity index (χ4v) is 3.72. The number of hydrogen-bond acceptors (Lipinski definition) is 4. The largest absolute Gasteiger partial charge is 0.497 e. The molecule has 0 aliphatic rings. The number of quaternary nitrogens is 1. The van der Waals surface area contributed by atoms with Gasteiger partial charge in [0.25, 0.3) is 5.91 Å². The Hall–Kier alpha value is -2.38. The Balaban J connectivity index is 1.97. The molecule has 0 saturated carbocycles. The van der Waals surface area contributed by atoms with E-state index >= 15 is 0 Å². The standard InChI is InChI=1S/C18H22N4O2S/c1-3-15-14-11-16(17(23)20-10-4-9-19)25-18(14)22(21-15)12-5-7-13(24-2)8-6-12/h5-8,11H,3-4,9-10,19H2,1-2H3,(H,20,23)/p+1. The number of benzene rings is 1. The Kier molecular flexibility index (Phi) is 5.35. The molecule has 4 N–H and O–H groups in total. The summed E-state index contributed by atoms with van der Waals surface area (Å²) in [5.74, 6) is 0.775. The van der Waals surface area contributed by atoms with Crippen LogP contribution in [0.25, 0.3) is 15.9 Å². The van der Waals surface area contributed by atoms with Crippen molar-refractivity contribution in [3.8, 4) is 11.4 Å². The van der Waals surface area contributed by atoms with E-state index < -0.39 is 0 Å². The van der Waals surface area contributed by atoms with Crippen LogP contribution in [0.5, 0.6) is 5.75 Å². The number of methoxy groups -OCH3 is 1. The molecule has 0 aliphatic heterocycles. The van der Waals surface area contributed by atoms with Crippen LogP contribution in [0, 0.1) is 0 Å². The number of nitrogens with zero attached hydrogens (tertiary/aromatic N) is 2. The molecule has 132 valence electrons. The first-order valence-electron chi connectivity index (χ1n) is 8.41. The second kappa shape index (κ2) is 7.67. The molecule has 0 unspecified atom stereocenters. The lowest BCUT2D eigenvalue weighted by molar-refractivity contribution is -0.367. The van der Waals surface area contributed by atoms with Gasteiger partial charge >= 0.3 is 0 Å². The first-order chi connectivity index (χ1) is 12.2. The summed E-state index contributed by atoms with van der Waals surface area (Å²) in [4.78, 5) is 14.1. The Bertz CT molecular complexity index is 867. The average Bonchev–Trinajstić information content (AvgIpc) is 3.21. The molecule has 0 bridgehead atoms. The second-order valence-corrected chi connectivity index (χ2v) is 6.73. The van der Waals surface area contributed by atoms with E-state index in [0.29, 0.717) is 11.4 Å². The van der Waals surface area contributed by atoms with Gasteiger partial charge in [0.1, 0.15) is 10.6 Å². The number of nitrogens with one attached hydrogen (secondary N) is 1. The molecule has 2 heterocycles. The SMILES string of the molecule is CCc1nn(-c2ccc(OC)cc2)c2sc(C(=O)NCCC[NH3+])cc12. The number of fused-ring (bicyclic) bond motifs is 1. The Morgan fingerprint density at radius 1 is 1.36 bits per heavy atom. The van der Waals surface area contributed by atoms with Gasteiger partial charge in [0.05, 0.1) is 29.9 Å². The van der Waals surface area contributed by atoms with E-state index in [1.807, 2.05) is 35.0 Å². The molecule has 2 aromatic heterocycles. The number of rotatable bonds is 7. The van der Waals surface area contributed by atoms with Crippen molar-refractivity contribution in [3.05, 3.63) is 40.9 Å². The van der Waals surface area contributed by atoms with Gasteiger partial charge in [-0.1, -0.05) is 6.92 Å². The summed E-state index contributed by atoms with van der Waals surface area (Å²) in [6, 6.07) is 9.71. The van der Waals surface area contributed by atoms with Gasteiger partial charge in [-0.25, -0.2) is 4.68 Å². The van der Waals surface area contributed by atoms with Crippen LogP contribution in [0.3, 0.4) is 0 Å². The number of hydrogen-bond donors (Lipinski definition) is 2. The first-order valence-corrected chi connectivity index (χ1v) is 9.22. The monoisotopic (exact) mass is 359 g/mol. The summed E-state index contributed by atoms with van der Waals surface area (Å²) in [7, 11) is 1.65. The average molecular weight is 359 g/mol. The fourth-order valence-electron chi connectivity index (χ4n) is 2.65. The molecule has 3 aromatic rings. The molecule has 3 rings (SSSR count). The zero-order valence-electron chi connectivity index (χ0n) is 14.5. The molecular weight excluding hydrogens is 336 g/mol. The predicted octanol–water partition coefficient (Wildman–Crippen LogP) is 2.02. The molecule has 6 nitrogen and oxygen atoms in total. The third-order valence-corrected chi connectivity index (χ3v) is 5.13. The van der Waals surface area contributed by atoms with Crippen LogP contribution >= 0.6 is 11.3 Å². The smallest absolute Gasteiger partial charge is 0.261 e. The van der Waals surface area contributed by atoms with E-state index in [0.717, 1.165) is 46.7 Å². The molecular formula is C18H23N4O2S+. The van der Waals surface area contributed by atoms with Crippen LogP contribution in [0.1, 0.15) is 28.7 Å². The van der Waals surface area contributed by atoms with Crippen molar-refractivity contribution >= 4 is 27.5 Å². The van der Waals surface area contributed by atoms with Gasteiger partial charge in [0.2, 0.25) is 0 Å². The maximum absolute atomic E-state index is 12.4. The third-order valence-electron chi connectivity index (χ3n) is 4.02. The van der Waals surface area contributed by atoms with Gasteiger partial charge in [-0.15, -0.1) is 11.3 Å². The molecule has 0 atom stereocenters. The molecule has 0 saturated heterocycles. The van der Waals surface area contributed by atoms with E-state index in [1.165, 1.54) is 11.3 Å². The quantitative estimate of drug-likeness (QED) is 0.633. The Morgan fingerprint density at radius 3 is 2.76 bits per heavy atom. The number of amides is 1. The number of aryl methyl sites for hydroxylation is 1. The molecule has 25 heavy (non-hydrogen) atoms. The summed E-state index contributed by atoms with van der Waals surface area (Å²) >= 11 is 1.47. The lowest BCUT2D eigenvalue weighted by atomic mass is 10.2. The normalized spacial score (nSPS) is 11.0. The van der Waals surface area contributed by atoms with Crippen LogP contribution in [0.4, 0.5) is 0 Å². The van der Waals surface area contributed by atoms with Crippen molar-refractivity contribution < 1.29 is 15.3 Å². The van der Waals surface area contributed by atoms with Crippen molar-refractivity contribution in [3.63, 3.8) is 0 Å². The van der Waals surface area contributed by atoms with E-state index in [1.54, 1.807) is 7.11 Å². The predicted molar refractivity (Wildman–Crippen MR) is 99.6 cm³/mol. The highest BCUT2D eigenvalue weighted by atomic mass is 32.1. The van der Waals surface area contributed by atoms with Crippen molar-refractivity contribution in [1.82, 2.24) is 15.1 Å². The highest BCUT2D eigenvalue weighted by Crippen LogP contribution is 2.31. The number of ether oxygens (including phenoxy) is 1. The molecule has 0 fully saturated rings. The van der Waals surface area contributed by atoms with Gasteiger partial charge in [-0.3, -0.25) is 4.79 Å².